The van der Waals surface area contributed by atoms with Gasteiger partial charge in [-0.15, -0.1) is 0 Å². The van der Waals surface area contributed by atoms with Gasteiger partial charge in [0.25, 0.3) is 0 Å². The van der Waals surface area contributed by atoms with Gasteiger partial charge in [0.15, 0.2) is 0 Å². The van der Waals surface area contributed by atoms with E-state index in [1.165, 1.54) is 0 Å². The maximum Gasteiger partial charge on any atom is 0.223 e. The van der Waals surface area contributed by atoms with E-state index in [2.05, 4.69) is 39.9 Å². The number of hydrogen-bond donors (Lipinski definition) is 2. The van der Waals surface area contributed by atoms with E-state index in [4.69, 9.17) is 0 Å². The maximum absolute atomic E-state index is 11.2. The van der Waals surface area contributed by atoms with E-state index in [-0.39, 0.29) is 22.8 Å². The lowest BCUT2D eigenvalue weighted by molar-refractivity contribution is -0.173. The van der Waals surface area contributed by atoms with Crippen LogP contribution in [0.15, 0.2) is 0 Å². The molecule has 1 saturated carbocycles. The molecule has 2 fully saturated rings. The minimum Gasteiger partial charge on any atom is -0.390 e. The Morgan fingerprint density at radius 2 is 1.69 bits per heavy atom. The Balaban J connectivity index is 2.34. The van der Waals surface area contributed by atoms with Crippen LogP contribution in [0.25, 0.3) is 0 Å². The largest absolute Gasteiger partial charge is 0.390 e. The van der Waals surface area contributed by atoms with Gasteiger partial charge in [0, 0.05) is 0 Å². The smallest absolute Gasteiger partial charge is 0.223 e. The first-order valence-electron chi connectivity index (χ1n) is 6.22. The lowest BCUT2D eigenvalue weighted by Gasteiger charge is -2.62. The number of amides is 1. The summed E-state index contributed by atoms with van der Waals surface area (Å²) < 4.78 is 0. The molecule has 2 N–H and O–H groups in total. The van der Waals surface area contributed by atoms with Crippen molar-refractivity contribution in [2.75, 3.05) is 0 Å². The van der Waals surface area contributed by atoms with Crippen molar-refractivity contribution in [1.82, 2.24) is 5.32 Å². The molecule has 0 bridgehead atoms. The number of hydrogen-bond acceptors (Lipinski definition) is 2. The molecule has 2 rings (SSSR count). The molecular formula is C13H23NO2. The van der Waals surface area contributed by atoms with Gasteiger partial charge in [-0.1, -0.05) is 34.6 Å². The summed E-state index contributed by atoms with van der Waals surface area (Å²) >= 11 is 0. The summed E-state index contributed by atoms with van der Waals surface area (Å²) in [6.07, 6.45) is 0.0616. The van der Waals surface area contributed by atoms with E-state index in [1.807, 2.05) is 0 Å². The Hall–Kier alpha value is -0.570. The van der Waals surface area contributed by atoms with E-state index in [0.717, 1.165) is 0 Å². The minimum atomic E-state index is -0.425. The van der Waals surface area contributed by atoms with Crippen LogP contribution in [0.3, 0.4) is 0 Å². The first-order valence-corrected chi connectivity index (χ1v) is 6.22. The quantitative estimate of drug-likeness (QED) is 0.615. The zero-order valence-corrected chi connectivity index (χ0v) is 10.9. The highest BCUT2D eigenvalue weighted by atomic mass is 16.3. The van der Waals surface area contributed by atoms with Crippen LogP contribution in [0.1, 0.15) is 41.0 Å². The second-order valence-electron chi connectivity index (χ2n) is 6.40. The van der Waals surface area contributed by atoms with Crippen molar-refractivity contribution in [1.29, 1.82) is 0 Å². The molecule has 0 aromatic carbocycles. The summed E-state index contributed by atoms with van der Waals surface area (Å²) in [5.74, 6) is 1.10. The molecule has 0 aromatic rings. The number of β-lactam (4-membered cyclic amide) rings is 1. The molecule has 5 atom stereocenters. The molecule has 92 valence electrons. The van der Waals surface area contributed by atoms with Crippen LogP contribution in [0.2, 0.25) is 0 Å². The monoisotopic (exact) mass is 225 g/mol. The fourth-order valence-corrected chi connectivity index (χ4v) is 3.59. The van der Waals surface area contributed by atoms with Gasteiger partial charge in [-0.3, -0.25) is 4.79 Å². The van der Waals surface area contributed by atoms with Gasteiger partial charge < -0.3 is 10.4 Å². The number of rotatable bonds is 0. The second-order valence-corrected chi connectivity index (χ2v) is 6.40. The molecular weight excluding hydrogens is 202 g/mol. The third kappa shape index (κ3) is 1.21. The van der Waals surface area contributed by atoms with Gasteiger partial charge in [0.1, 0.15) is 0 Å². The first-order chi connectivity index (χ1) is 7.23. The van der Waals surface area contributed by atoms with Gasteiger partial charge in [-0.2, -0.15) is 0 Å². The molecule has 3 nitrogen and oxygen atoms in total. The molecule has 1 aliphatic heterocycles. The van der Waals surface area contributed by atoms with Crippen LogP contribution >= 0.6 is 0 Å². The van der Waals surface area contributed by atoms with Crippen molar-refractivity contribution >= 4 is 5.91 Å². The van der Waals surface area contributed by atoms with Crippen molar-refractivity contribution < 1.29 is 9.90 Å². The van der Waals surface area contributed by atoms with Crippen LogP contribution in [-0.2, 0) is 4.79 Å². The van der Waals surface area contributed by atoms with Gasteiger partial charge in [0.05, 0.1) is 18.1 Å². The minimum absolute atomic E-state index is 0.0741. The molecule has 2 aliphatic rings. The summed E-state index contributed by atoms with van der Waals surface area (Å²) in [5.41, 5.74) is -0.240. The van der Waals surface area contributed by atoms with Crippen LogP contribution in [0.4, 0.5) is 0 Å². The third-order valence-electron chi connectivity index (χ3n) is 5.74. The van der Waals surface area contributed by atoms with E-state index in [0.29, 0.717) is 18.3 Å². The van der Waals surface area contributed by atoms with E-state index in [9.17, 15) is 9.90 Å². The standard InChI is InChI=1S/C13H23NO2/c1-7-8(2)13(6-10(15)14-13)11(16)9(3)12(7,4)5/h7-9,11,16H,6H2,1-5H3,(H,14,15)/t7-,8+,9-,11+,13?/m0/s1. The van der Waals surface area contributed by atoms with E-state index in [1.54, 1.807) is 0 Å². The highest BCUT2D eigenvalue weighted by molar-refractivity contribution is 5.85. The molecule has 3 heteroatoms. The van der Waals surface area contributed by atoms with Crippen molar-refractivity contribution in [2.45, 2.75) is 52.7 Å². The van der Waals surface area contributed by atoms with Crippen molar-refractivity contribution in [3.05, 3.63) is 0 Å². The van der Waals surface area contributed by atoms with E-state index < -0.39 is 6.10 Å². The average molecular weight is 225 g/mol. The number of nitrogens with one attached hydrogen (secondary N) is 1. The third-order valence-corrected chi connectivity index (χ3v) is 5.74. The Morgan fingerprint density at radius 3 is 2.12 bits per heavy atom. The SMILES string of the molecule is C[C@@H]1[C@H](C)C(C)(C)[C@@H](C)[C@@H](O)C12CC(=O)N2. The number of aliphatic hydroxyl groups excluding tert-OH is 1. The zero-order chi connectivity index (χ0) is 12.3. The van der Waals surface area contributed by atoms with Gasteiger partial charge in [-0.05, 0) is 23.2 Å². The molecule has 1 spiro atoms. The predicted octanol–water partition coefficient (Wildman–Crippen LogP) is 1.55. The van der Waals surface area contributed by atoms with E-state index >= 15 is 0 Å². The highest BCUT2D eigenvalue weighted by Gasteiger charge is 2.62. The highest BCUT2D eigenvalue weighted by Crippen LogP contribution is 2.54. The molecule has 0 radical (unpaired) electrons. The first kappa shape index (κ1) is 11.9. The second kappa shape index (κ2) is 3.22. The predicted molar refractivity (Wildman–Crippen MR) is 62.8 cm³/mol. The van der Waals surface area contributed by atoms with Gasteiger partial charge >= 0.3 is 0 Å². The zero-order valence-electron chi connectivity index (χ0n) is 10.9. The summed E-state index contributed by atoms with van der Waals surface area (Å²) in [6.45, 7) is 10.9. The molecule has 1 amide bonds. The lowest BCUT2D eigenvalue weighted by Crippen LogP contribution is -2.76. The Morgan fingerprint density at radius 1 is 1.19 bits per heavy atom. The topological polar surface area (TPSA) is 49.3 Å². The number of aliphatic hydroxyl groups is 1. The van der Waals surface area contributed by atoms with Crippen molar-refractivity contribution in [3.63, 3.8) is 0 Å². The molecule has 16 heavy (non-hydrogen) atoms. The Bertz CT molecular complexity index is 296. The fraction of sp³-hybridized carbons (Fsp3) is 0.923. The van der Waals surface area contributed by atoms with Gasteiger partial charge in [0.2, 0.25) is 5.91 Å². The summed E-state index contributed by atoms with van der Waals surface area (Å²) in [7, 11) is 0. The van der Waals surface area contributed by atoms with Crippen molar-refractivity contribution in [2.24, 2.45) is 23.2 Å². The summed E-state index contributed by atoms with van der Waals surface area (Å²) in [4.78, 5) is 11.2. The van der Waals surface area contributed by atoms with Crippen LogP contribution in [0, 0.1) is 23.2 Å². The number of carbonyl (C=O) groups excluding carboxylic acids is 1. The molecule has 1 heterocycles. The molecule has 1 aliphatic carbocycles. The van der Waals surface area contributed by atoms with Crippen LogP contribution in [0.5, 0.6) is 0 Å². The summed E-state index contributed by atoms with van der Waals surface area (Å²) in [5, 5.41) is 13.4. The lowest BCUT2D eigenvalue weighted by atomic mass is 9.50. The average Bonchev–Trinajstić information content (AvgIpc) is 2.18. The van der Waals surface area contributed by atoms with Gasteiger partial charge in [-0.25, -0.2) is 0 Å². The van der Waals surface area contributed by atoms with Crippen LogP contribution < -0.4 is 5.32 Å². The molecule has 1 unspecified atom stereocenters. The van der Waals surface area contributed by atoms with Crippen LogP contribution in [-0.4, -0.2) is 22.7 Å². The Kier molecular flexibility index (Phi) is 2.40. The summed E-state index contributed by atoms with van der Waals surface area (Å²) in [6, 6.07) is 0. The van der Waals surface area contributed by atoms with Crippen molar-refractivity contribution in [3.8, 4) is 0 Å². The number of carbonyl (C=O) groups is 1. The molecule has 1 saturated heterocycles. The normalized spacial score (nSPS) is 51.0. The Labute approximate surface area is 97.6 Å². The molecule has 0 aromatic heterocycles. The maximum atomic E-state index is 11.2. The fourth-order valence-electron chi connectivity index (χ4n) is 3.59.